The predicted molar refractivity (Wildman–Crippen MR) is 79.0 cm³/mol. The number of hydrogen-bond donors (Lipinski definition) is 2. The van der Waals surface area contributed by atoms with E-state index in [1.165, 1.54) is 19.9 Å². The van der Waals surface area contributed by atoms with Gasteiger partial charge in [0.05, 0.1) is 19.3 Å². The van der Waals surface area contributed by atoms with Gasteiger partial charge in [0.25, 0.3) is 0 Å². The van der Waals surface area contributed by atoms with E-state index in [9.17, 15) is 9.59 Å². The number of rotatable bonds is 6. The predicted octanol–water partition coefficient (Wildman–Crippen LogP) is -0.515. The van der Waals surface area contributed by atoms with E-state index in [-0.39, 0.29) is 24.6 Å². The largest absolute Gasteiger partial charge is 0.374 e. The first-order valence-corrected chi connectivity index (χ1v) is 7.62. The molecule has 1 aliphatic heterocycles. The summed E-state index contributed by atoms with van der Waals surface area (Å²) < 4.78 is 5.74. The Morgan fingerprint density at radius 2 is 2.10 bits per heavy atom. The van der Waals surface area contributed by atoms with Crippen LogP contribution >= 0.6 is 0 Å². The van der Waals surface area contributed by atoms with Crippen LogP contribution in [0.5, 0.6) is 0 Å². The van der Waals surface area contributed by atoms with Gasteiger partial charge in [-0.05, 0) is 25.8 Å². The molecule has 0 bridgehead atoms. The Bertz CT molecular complexity index is 373. The Morgan fingerprint density at radius 1 is 1.33 bits per heavy atom. The second-order valence-electron chi connectivity index (χ2n) is 5.93. The Labute approximate surface area is 126 Å². The summed E-state index contributed by atoms with van der Waals surface area (Å²) in [7, 11) is 3.60. The molecule has 1 aliphatic carbocycles. The number of amides is 3. The first-order chi connectivity index (χ1) is 10.1. The number of nitrogens with one attached hydrogen (secondary N) is 2. The summed E-state index contributed by atoms with van der Waals surface area (Å²) in [5.74, 6) is 0.581. The molecule has 1 saturated carbocycles. The van der Waals surface area contributed by atoms with Crippen LogP contribution in [0.25, 0.3) is 0 Å². The van der Waals surface area contributed by atoms with Crippen molar-refractivity contribution >= 4 is 11.9 Å². The van der Waals surface area contributed by atoms with E-state index in [0.29, 0.717) is 19.1 Å². The van der Waals surface area contributed by atoms with Crippen LogP contribution in [0, 0.1) is 5.92 Å². The number of urea groups is 1. The average Bonchev–Trinajstić information content (AvgIpc) is 3.27. The van der Waals surface area contributed by atoms with E-state index in [4.69, 9.17) is 4.74 Å². The third-order valence-electron chi connectivity index (χ3n) is 3.92. The third-order valence-corrected chi connectivity index (χ3v) is 3.92. The zero-order valence-corrected chi connectivity index (χ0v) is 12.9. The molecule has 2 rings (SSSR count). The highest BCUT2D eigenvalue weighted by Crippen LogP contribution is 2.29. The fourth-order valence-electron chi connectivity index (χ4n) is 2.47. The van der Waals surface area contributed by atoms with E-state index >= 15 is 0 Å². The van der Waals surface area contributed by atoms with Crippen molar-refractivity contribution in [2.24, 2.45) is 5.92 Å². The molecule has 2 N–H and O–H groups in total. The van der Waals surface area contributed by atoms with Gasteiger partial charge in [0.15, 0.2) is 0 Å². The van der Waals surface area contributed by atoms with Crippen LogP contribution in [-0.2, 0) is 9.53 Å². The lowest BCUT2D eigenvalue weighted by molar-refractivity contribution is -0.133. The standard InChI is InChI=1S/C14H26N4O3/c1-15-14(20)16-7-13(19)18(8-11-3-4-11)10-12-9-17(2)5-6-21-12/h11-12H,3-10H2,1-2H3,(H2,15,16,20). The van der Waals surface area contributed by atoms with Gasteiger partial charge in [-0.1, -0.05) is 0 Å². The van der Waals surface area contributed by atoms with Crippen LogP contribution in [0.3, 0.4) is 0 Å². The van der Waals surface area contributed by atoms with Gasteiger partial charge in [-0.3, -0.25) is 4.79 Å². The summed E-state index contributed by atoms with van der Waals surface area (Å²) in [4.78, 5) is 27.5. The lowest BCUT2D eigenvalue weighted by Gasteiger charge is -2.34. The number of hydrogen-bond acceptors (Lipinski definition) is 4. The maximum absolute atomic E-state index is 12.3. The molecular weight excluding hydrogens is 272 g/mol. The molecule has 1 unspecified atom stereocenters. The molecule has 21 heavy (non-hydrogen) atoms. The molecule has 0 radical (unpaired) electrons. The van der Waals surface area contributed by atoms with Gasteiger partial charge in [-0.15, -0.1) is 0 Å². The zero-order valence-electron chi connectivity index (χ0n) is 12.9. The average molecular weight is 298 g/mol. The molecule has 120 valence electrons. The maximum atomic E-state index is 12.3. The quantitative estimate of drug-likeness (QED) is 0.692. The first kappa shape index (κ1) is 16.0. The zero-order chi connectivity index (χ0) is 15.2. The van der Waals surface area contributed by atoms with Crippen LogP contribution in [0.2, 0.25) is 0 Å². The molecule has 0 spiro atoms. The number of morpholine rings is 1. The fraction of sp³-hybridized carbons (Fsp3) is 0.857. The smallest absolute Gasteiger partial charge is 0.314 e. The second-order valence-corrected chi connectivity index (χ2v) is 5.93. The molecular formula is C14H26N4O3. The van der Waals surface area contributed by atoms with Gasteiger partial charge in [-0.2, -0.15) is 0 Å². The summed E-state index contributed by atoms with van der Waals surface area (Å²) in [6.07, 6.45) is 2.45. The summed E-state index contributed by atoms with van der Waals surface area (Å²) in [6, 6.07) is -0.330. The van der Waals surface area contributed by atoms with E-state index < -0.39 is 0 Å². The van der Waals surface area contributed by atoms with Crippen LogP contribution in [0.4, 0.5) is 4.79 Å². The Balaban J connectivity index is 1.83. The van der Waals surface area contributed by atoms with Gasteiger partial charge in [0.1, 0.15) is 0 Å². The molecule has 0 aromatic rings. The van der Waals surface area contributed by atoms with Crippen molar-refractivity contribution in [1.29, 1.82) is 0 Å². The highest BCUT2D eigenvalue weighted by molar-refractivity contribution is 5.83. The van der Waals surface area contributed by atoms with Gasteiger partial charge in [0.2, 0.25) is 5.91 Å². The maximum Gasteiger partial charge on any atom is 0.314 e. The highest BCUT2D eigenvalue weighted by Gasteiger charge is 2.29. The highest BCUT2D eigenvalue weighted by atomic mass is 16.5. The minimum absolute atomic E-state index is 0.0367. The molecule has 0 aromatic carbocycles. The Morgan fingerprint density at radius 3 is 2.71 bits per heavy atom. The summed E-state index contributed by atoms with van der Waals surface area (Å²) in [5.41, 5.74) is 0. The number of likely N-dealkylation sites (N-methyl/N-ethyl adjacent to an activating group) is 1. The Kier molecular flexibility index (Phi) is 5.81. The number of carbonyl (C=O) groups excluding carboxylic acids is 2. The van der Waals surface area contributed by atoms with Crippen molar-refractivity contribution < 1.29 is 14.3 Å². The third kappa shape index (κ3) is 5.51. The van der Waals surface area contributed by atoms with Gasteiger partial charge in [-0.25, -0.2) is 4.79 Å². The Hall–Kier alpha value is -1.34. The minimum atomic E-state index is -0.330. The number of carbonyl (C=O) groups is 2. The topological polar surface area (TPSA) is 73.9 Å². The van der Waals surface area contributed by atoms with Crippen molar-refractivity contribution in [2.45, 2.75) is 18.9 Å². The fourth-order valence-corrected chi connectivity index (χ4v) is 2.47. The lowest BCUT2D eigenvalue weighted by atomic mass is 10.2. The van der Waals surface area contributed by atoms with Crippen LogP contribution in [0.15, 0.2) is 0 Å². The molecule has 2 fully saturated rings. The van der Waals surface area contributed by atoms with E-state index in [2.05, 4.69) is 22.6 Å². The van der Waals surface area contributed by atoms with Crippen molar-refractivity contribution in [3.05, 3.63) is 0 Å². The van der Waals surface area contributed by atoms with Gasteiger partial charge < -0.3 is 25.2 Å². The van der Waals surface area contributed by atoms with E-state index in [1.807, 2.05) is 4.90 Å². The monoisotopic (exact) mass is 298 g/mol. The van der Waals surface area contributed by atoms with Crippen molar-refractivity contribution in [1.82, 2.24) is 20.4 Å². The van der Waals surface area contributed by atoms with Crippen LogP contribution in [0.1, 0.15) is 12.8 Å². The molecule has 1 saturated heterocycles. The van der Waals surface area contributed by atoms with Gasteiger partial charge >= 0.3 is 6.03 Å². The summed E-state index contributed by atoms with van der Waals surface area (Å²) in [5, 5.41) is 5.01. The minimum Gasteiger partial charge on any atom is -0.374 e. The molecule has 1 atom stereocenters. The molecule has 7 heteroatoms. The van der Waals surface area contributed by atoms with E-state index in [0.717, 1.165) is 19.6 Å². The summed E-state index contributed by atoms with van der Waals surface area (Å²) in [6.45, 7) is 3.91. The van der Waals surface area contributed by atoms with Crippen molar-refractivity contribution in [3.8, 4) is 0 Å². The SMILES string of the molecule is CNC(=O)NCC(=O)N(CC1CC1)CC1CN(C)CCO1. The van der Waals surface area contributed by atoms with Gasteiger partial charge in [0, 0.05) is 33.2 Å². The summed E-state index contributed by atoms with van der Waals surface area (Å²) >= 11 is 0. The van der Waals surface area contributed by atoms with Crippen molar-refractivity contribution in [3.63, 3.8) is 0 Å². The normalized spacial score (nSPS) is 22.7. The van der Waals surface area contributed by atoms with Crippen molar-refractivity contribution in [2.75, 3.05) is 53.4 Å². The first-order valence-electron chi connectivity index (χ1n) is 7.62. The van der Waals surface area contributed by atoms with E-state index in [1.54, 1.807) is 0 Å². The number of nitrogens with zero attached hydrogens (tertiary/aromatic N) is 2. The molecule has 1 heterocycles. The molecule has 7 nitrogen and oxygen atoms in total. The van der Waals surface area contributed by atoms with Crippen LogP contribution in [-0.4, -0.2) is 81.3 Å². The number of ether oxygens (including phenoxy) is 1. The lowest BCUT2D eigenvalue weighted by Crippen LogP contribution is -2.50. The molecule has 0 aromatic heterocycles. The molecule has 2 aliphatic rings. The second kappa shape index (κ2) is 7.61. The molecule has 3 amide bonds. The van der Waals surface area contributed by atoms with Crippen LogP contribution < -0.4 is 10.6 Å².